The number of carbonyl (C=O) groups excluding carboxylic acids is 3. The Morgan fingerprint density at radius 2 is 1.72 bits per heavy atom. The topological polar surface area (TPSA) is 104 Å². The van der Waals surface area contributed by atoms with Crippen LogP contribution < -0.4 is 10.2 Å². The van der Waals surface area contributed by atoms with Gasteiger partial charge >= 0.3 is 5.97 Å². The lowest BCUT2D eigenvalue weighted by atomic mass is 10.3. The van der Waals surface area contributed by atoms with E-state index in [-0.39, 0.29) is 18.2 Å². The highest BCUT2D eigenvalue weighted by atomic mass is 79.9. The van der Waals surface area contributed by atoms with Crippen LogP contribution in [0, 0.1) is 0 Å². The third kappa shape index (κ3) is 5.33. The van der Waals surface area contributed by atoms with Crippen LogP contribution in [-0.4, -0.2) is 34.0 Å². The van der Waals surface area contributed by atoms with E-state index in [1.165, 1.54) is 16.7 Å². The van der Waals surface area contributed by atoms with Gasteiger partial charge in [0.1, 0.15) is 0 Å². The number of aliphatic carboxylic acids is 1. The number of hydrogen-bond donors (Lipinski definition) is 2. The molecule has 0 radical (unpaired) electrons. The van der Waals surface area contributed by atoms with E-state index >= 15 is 0 Å². The van der Waals surface area contributed by atoms with Gasteiger partial charge < -0.3 is 10.4 Å². The van der Waals surface area contributed by atoms with Crippen molar-refractivity contribution in [3.05, 3.63) is 65.2 Å². The van der Waals surface area contributed by atoms with Gasteiger partial charge in [-0.25, -0.2) is 9.69 Å². The highest BCUT2D eigenvalue weighted by Crippen LogP contribution is 2.34. The number of hydrogen-bond acceptors (Lipinski definition) is 5. The van der Waals surface area contributed by atoms with E-state index < -0.39 is 17.1 Å². The molecule has 1 heterocycles. The molecule has 1 aliphatic rings. The van der Waals surface area contributed by atoms with Gasteiger partial charge in [0.2, 0.25) is 17.7 Å². The maximum Gasteiger partial charge on any atom is 0.328 e. The Morgan fingerprint density at radius 1 is 1.07 bits per heavy atom. The monoisotopic (exact) mass is 474 g/mol. The SMILES string of the molecule is O=C(O)/C=C/C(=O)Nc1ccc(S[C@@H]2CC(=O)N(c3ccc(Br)cc3)C2=O)cc1. The van der Waals surface area contributed by atoms with Gasteiger partial charge in [-0.1, -0.05) is 15.9 Å². The molecule has 0 spiro atoms. The first-order chi connectivity index (χ1) is 13.8. The molecular formula is C20H15BrN2O5S. The van der Waals surface area contributed by atoms with Gasteiger partial charge in [0.05, 0.1) is 10.9 Å². The van der Waals surface area contributed by atoms with Crippen molar-refractivity contribution >= 4 is 62.8 Å². The van der Waals surface area contributed by atoms with E-state index in [1.807, 2.05) is 0 Å². The van der Waals surface area contributed by atoms with E-state index in [9.17, 15) is 19.2 Å². The van der Waals surface area contributed by atoms with Crippen molar-refractivity contribution in [2.75, 3.05) is 10.2 Å². The lowest BCUT2D eigenvalue weighted by Gasteiger charge is -2.15. The zero-order chi connectivity index (χ0) is 21.0. The molecular weight excluding hydrogens is 460 g/mol. The van der Waals surface area contributed by atoms with Gasteiger partial charge in [0.25, 0.3) is 0 Å². The molecule has 1 fully saturated rings. The molecule has 0 aliphatic carbocycles. The summed E-state index contributed by atoms with van der Waals surface area (Å²) >= 11 is 4.61. The van der Waals surface area contributed by atoms with Crippen LogP contribution in [0.5, 0.6) is 0 Å². The van der Waals surface area contributed by atoms with Crippen molar-refractivity contribution in [2.24, 2.45) is 0 Å². The van der Waals surface area contributed by atoms with Crippen molar-refractivity contribution < 1.29 is 24.3 Å². The molecule has 29 heavy (non-hydrogen) atoms. The smallest absolute Gasteiger partial charge is 0.328 e. The minimum atomic E-state index is -1.21. The fourth-order valence-corrected chi connectivity index (χ4v) is 3.99. The predicted octanol–water partition coefficient (Wildman–Crippen LogP) is 3.45. The van der Waals surface area contributed by atoms with Gasteiger partial charge in [-0.15, -0.1) is 11.8 Å². The number of rotatable bonds is 6. The number of amides is 3. The van der Waals surface area contributed by atoms with Crippen LogP contribution in [0.2, 0.25) is 0 Å². The fraction of sp³-hybridized carbons (Fsp3) is 0.100. The Bertz CT molecular complexity index is 989. The minimum Gasteiger partial charge on any atom is -0.478 e. The van der Waals surface area contributed by atoms with Gasteiger partial charge in [-0.05, 0) is 48.5 Å². The van der Waals surface area contributed by atoms with Crippen molar-refractivity contribution in [3.8, 4) is 0 Å². The first-order valence-electron chi connectivity index (χ1n) is 8.44. The average molecular weight is 475 g/mol. The summed E-state index contributed by atoms with van der Waals surface area (Å²) < 4.78 is 0.858. The van der Waals surface area contributed by atoms with Crippen LogP contribution in [0.4, 0.5) is 11.4 Å². The number of nitrogens with zero attached hydrogens (tertiary/aromatic N) is 1. The molecule has 1 atom stereocenters. The third-order valence-corrected chi connectivity index (χ3v) is 5.69. The van der Waals surface area contributed by atoms with Gasteiger partial charge in [-0.3, -0.25) is 14.4 Å². The second-order valence-corrected chi connectivity index (χ2v) is 8.23. The molecule has 0 unspecified atom stereocenters. The zero-order valence-electron chi connectivity index (χ0n) is 14.9. The highest BCUT2D eigenvalue weighted by Gasteiger charge is 2.40. The number of carboxylic acids is 1. The third-order valence-electron chi connectivity index (χ3n) is 3.97. The molecule has 2 aromatic carbocycles. The van der Waals surface area contributed by atoms with Crippen molar-refractivity contribution in [3.63, 3.8) is 0 Å². The molecule has 0 bridgehead atoms. The summed E-state index contributed by atoms with van der Waals surface area (Å²) in [5.74, 6) is -2.28. The Hall–Kier alpha value is -2.91. The number of thioether (sulfide) groups is 1. The van der Waals surface area contributed by atoms with Gasteiger partial charge in [0, 0.05) is 33.6 Å². The van der Waals surface area contributed by atoms with Crippen LogP contribution in [-0.2, 0) is 19.2 Å². The molecule has 9 heteroatoms. The second kappa shape index (κ2) is 9.06. The molecule has 0 saturated carbocycles. The maximum absolute atomic E-state index is 12.7. The molecule has 3 rings (SSSR count). The molecule has 0 aromatic heterocycles. The van der Waals surface area contributed by atoms with E-state index in [1.54, 1.807) is 48.5 Å². The lowest BCUT2D eigenvalue weighted by Crippen LogP contribution is -2.31. The predicted molar refractivity (Wildman–Crippen MR) is 113 cm³/mol. The molecule has 2 N–H and O–H groups in total. The number of anilines is 2. The molecule has 7 nitrogen and oxygen atoms in total. The van der Waals surface area contributed by atoms with Gasteiger partial charge in [0.15, 0.2) is 0 Å². The molecule has 148 valence electrons. The maximum atomic E-state index is 12.7. The molecule has 1 aliphatic heterocycles. The van der Waals surface area contributed by atoms with Crippen LogP contribution >= 0.6 is 27.7 Å². The lowest BCUT2D eigenvalue weighted by molar-refractivity contribution is -0.131. The second-order valence-electron chi connectivity index (χ2n) is 6.04. The number of imide groups is 1. The molecule has 1 saturated heterocycles. The van der Waals surface area contributed by atoms with Gasteiger partial charge in [-0.2, -0.15) is 0 Å². The Balaban J connectivity index is 1.64. The molecule has 2 aromatic rings. The largest absolute Gasteiger partial charge is 0.478 e. The number of carboxylic acid groups (broad SMARTS) is 1. The summed E-state index contributed by atoms with van der Waals surface area (Å²) in [4.78, 5) is 49.0. The van der Waals surface area contributed by atoms with Crippen molar-refractivity contribution in [1.29, 1.82) is 0 Å². The summed E-state index contributed by atoms with van der Waals surface area (Å²) in [6.45, 7) is 0. The molecule has 3 amide bonds. The highest BCUT2D eigenvalue weighted by molar-refractivity contribution is 9.10. The average Bonchev–Trinajstić information content (AvgIpc) is 2.96. The van der Waals surface area contributed by atoms with E-state index in [4.69, 9.17) is 5.11 Å². The van der Waals surface area contributed by atoms with E-state index in [0.29, 0.717) is 11.4 Å². The summed E-state index contributed by atoms with van der Waals surface area (Å²) in [7, 11) is 0. The van der Waals surface area contributed by atoms with Crippen LogP contribution in [0.1, 0.15) is 6.42 Å². The quantitative estimate of drug-likeness (QED) is 0.490. The summed E-state index contributed by atoms with van der Waals surface area (Å²) in [5.41, 5.74) is 1.03. The van der Waals surface area contributed by atoms with Crippen LogP contribution in [0.15, 0.2) is 70.1 Å². The zero-order valence-corrected chi connectivity index (χ0v) is 17.3. The summed E-state index contributed by atoms with van der Waals surface area (Å²) in [6.07, 6.45) is 1.78. The van der Waals surface area contributed by atoms with E-state index in [2.05, 4.69) is 21.2 Å². The number of halogens is 1. The standard InChI is InChI=1S/C20H15BrN2O5S/c21-12-1-5-14(6-2-12)23-18(25)11-16(20(23)28)29-15-7-3-13(4-8-15)22-17(24)9-10-19(26)27/h1-10,16H,11H2,(H,22,24)(H,26,27)/b10-9+/t16-/m1/s1. The van der Waals surface area contributed by atoms with Crippen molar-refractivity contribution in [2.45, 2.75) is 16.6 Å². The van der Waals surface area contributed by atoms with E-state index in [0.717, 1.165) is 21.5 Å². The number of carbonyl (C=O) groups is 4. The first kappa shape index (κ1) is 20.8. The number of nitrogens with one attached hydrogen (secondary N) is 1. The summed E-state index contributed by atoms with van der Waals surface area (Å²) in [6, 6.07) is 13.7. The minimum absolute atomic E-state index is 0.109. The Morgan fingerprint density at radius 3 is 2.34 bits per heavy atom. The van der Waals surface area contributed by atoms with Crippen molar-refractivity contribution in [1.82, 2.24) is 0 Å². The number of benzene rings is 2. The Labute approximate surface area is 178 Å². The fourth-order valence-electron chi connectivity index (χ4n) is 2.67. The van der Waals surface area contributed by atoms with Crippen LogP contribution in [0.3, 0.4) is 0 Å². The summed E-state index contributed by atoms with van der Waals surface area (Å²) in [5, 5.41) is 10.5. The normalized spacial score (nSPS) is 16.4. The Kier molecular flexibility index (Phi) is 6.50. The first-order valence-corrected chi connectivity index (χ1v) is 10.1. The van der Waals surface area contributed by atoms with Crippen LogP contribution in [0.25, 0.3) is 0 Å².